The third kappa shape index (κ3) is 4.79. The largest absolute Gasteiger partial charge is 0.505 e. The molecule has 1 heterocycles. The molecule has 0 spiro atoms. The lowest BCUT2D eigenvalue weighted by Crippen LogP contribution is -2.43. The maximum atomic E-state index is 13.4. The van der Waals surface area contributed by atoms with Crippen LogP contribution < -0.4 is 5.32 Å². The first-order valence-corrected chi connectivity index (χ1v) is 12.0. The number of fused-ring (bicyclic) bond motifs is 1. The second-order valence-corrected chi connectivity index (χ2v) is 9.93. The minimum absolute atomic E-state index is 0.0290. The second-order valence-electron chi connectivity index (χ2n) is 7.67. The monoisotopic (exact) mass is 536 g/mol. The van der Waals surface area contributed by atoms with E-state index in [9.17, 15) is 36.3 Å². The van der Waals surface area contributed by atoms with E-state index in [1.807, 2.05) is 0 Å². The first kappa shape index (κ1) is 25.3. The van der Waals surface area contributed by atoms with Gasteiger partial charge in [0.1, 0.15) is 12.2 Å². The Bertz CT molecular complexity index is 1500. The number of hydrogen-bond donors (Lipinski definition) is 2. The number of amides is 1. The van der Waals surface area contributed by atoms with E-state index < -0.39 is 51.5 Å². The van der Waals surface area contributed by atoms with E-state index in [2.05, 4.69) is 5.32 Å². The number of ketones is 1. The van der Waals surface area contributed by atoms with Gasteiger partial charge in [-0.2, -0.15) is 13.2 Å². The lowest BCUT2D eigenvalue weighted by Gasteiger charge is -2.31. The minimum Gasteiger partial charge on any atom is -0.505 e. The number of allylic oxidation sites excluding steroid dienone is 1. The van der Waals surface area contributed by atoms with Gasteiger partial charge in [0.2, 0.25) is 11.7 Å². The number of Topliss-reactive ketones (excluding diaryl/α,β-unsaturated/α-hetero) is 1. The van der Waals surface area contributed by atoms with Gasteiger partial charge in [-0.15, -0.1) is 0 Å². The fourth-order valence-electron chi connectivity index (χ4n) is 3.59. The molecule has 3 aromatic rings. The van der Waals surface area contributed by atoms with Gasteiger partial charge >= 0.3 is 6.18 Å². The zero-order chi connectivity index (χ0) is 26.3. The smallest absolute Gasteiger partial charge is 0.416 e. The molecule has 0 saturated heterocycles. The SMILES string of the molecule is O=C(CN1C(=C(O)c2cccc(Cl)c2)C(=O)c2ccccc2S1(=O)=O)Nc1ccc(C(F)(F)F)cc1. The molecule has 0 radical (unpaired) electrons. The number of anilines is 1. The van der Waals surface area contributed by atoms with E-state index in [1.165, 1.54) is 48.5 Å². The third-order valence-corrected chi connectivity index (χ3v) is 7.31. The highest BCUT2D eigenvalue weighted by molar-refractivity contribution is 7.89. The average molecular weight is 537 g/mol. The fraction of sp³-hybridized carbons (Fsp3) is 0.0833. The van der Waals surface area contributed by atoms with Gasteiger partial charge in [-0.1, -0.05) is 35.9 Å². The molecule has 1 aliphatic rings. The van der Waals surface area contributed by atoms with E-state index in [1.54, 1.807) is 0 Å². The molecular formula is C24H16ClF3N2O5S. The summed E-state index contributed by atoms with van der Waals surface area (Å²) in [6, 6.07) is 14.5. The van der Waals surface area contributed by atoms with Gasteiger partial charge in [-0.05, 0) is 48.5 Å². The number of halogens is 4. The molecule has 1 aliphatic heterocycles. The van der Waals surface area contributed by atoms with E-state index in [4.69, 9.17) is 11.6 Å². The normalized spacial score (nSPS) is 16.3. The van der Waals surface area contributed by atoms with Crippen LogP contribution >= 0.6 is 11.6 Å². The van der Waals surface area contributed by atoms with Crippen LogP contribution in [0.5, 0.6) is 0 Å². The van der Waals surface area contributed by atoms with Crippen molar-refractivity contribution in [3.05, 3.63) is 100 Å². The molecule has 0 bridgehead atoms. The Hall–Kier alpha value is -3.83. The fourth-order valence-corrected chi connectivity index (χ4v) is 5.41. The second kappa shape index (κ2) is 9.32. The number of sulfonamides is 1. The van der Waals surface area contributed by atoms with Gasteiger partial charge in [0.15, 0.2) is 5.76 Å². The first-order chi connectivity index (χ1) is 16.9. The quantitative estimate of drug-likeness (QED) is 0.356. The number of carbonyl (C=O) groups excluding carboxylic acids is 2. The van der Waals surface area contributed by atoms with Crippen LogP contribution in [0.25, 0.3) is 5.76 Å². The maximum absolute atomic E-state index is 13.4. The third-order valence-electron chi connectivity index (χ3n) is 5.27. The van der Waals surface area contributed by atoms with Crippen molar-refractivity contribution in [2.24, 2.45) is 0 Å². The number of rotatable bonds is 4. The summed E-state index contributed by atoms with van der Waals surface area (Å²) in [5.41, 5.74) is -1.79. The van der Waals surface area contributed by atoms with Gasteiger partial charge in [0.05, 0.1) is 10.5 Å². The molecule has 0 unspecified atom stereocenters. The number of aliphatic hydroxyl groups excluding tert-OH is 1. The molecule has 36 heavy (non-hydrogen) atoms. The molecule has 4 rings (SSSR count). The molecule has 1 amide bonds. The van der Waals surface area contributed by atoms with Crippen LogP contribution in [-0.4, -0.2) is 36.1 Å². The van der Waals surface area contributed by atoms with Crippen LogP contribution in [0.2, 0.25) is 5.02 Å². The van der Waals surface area contributed by atoms with Crippen molar-refractivity contribution in [3.63, 3.8) is 0 Å². The van der Waals surface area contributed by atoms with Crippen molar-refractivity contribution in [3.8, 4) is 0 Å². The Morgan fingerprint density at radius 2 is 1.67 bits per heavy atom. The summed E-state index contributed by atoms with van der Waals surface area (Å²) in [7, 11) is -4.49. The van der Waals surface area contributed by atoms with Crippen LogP contribution in [0.1, 0.15) is 21.5 Å². The van der Waals surface area contributed by atoms with E-state index in [-0.39, 0.29) is 26.7 Å². The van der Waals surface area contributed by atoms with Crippen molar-refractivity contribution in [2.45, 2.75) is 11.1 Å². The van der Waals surface area contributed by atoms with Gasteiger partial charge in [0.25, 0.3) is 10.0 Å². The summed E-state index contributed by atoms with van der Waals surface area (Å²) in [4.78, 5) is 25.7. The van der Waals surface area contributed by atoms with Crippen molar-refractivity contribution in [1.29, 1.82) is 0 Å². The Labute approximate surface area is 208 Å². The Kier molecular flexibility index (Phi) is 6.54. The number of nitrogens with zero attached hydrogens (tertiary/aromatic N) is 1. The molecule has 0 fully saturated rings. The molecule has 0 aliphatic carbocycles. The Morgan fingerprint density at radius 1 is 1.00 bits per heavy atom. The summed E-state index contributed by atoms with van der Waals surface area (Å²) in [5.74, 6) is -2.52. The molecule has 0 atom stereocenters. The van der Waals surface area contributed by atoms with Gasteiger partial charge < -0.3 is 10.4 Å². The zero-order valence-electron chi connectivity index (χ0n) is 18.1. The highest BCUT2D eigenvalue weighted by Gasteiger charge is 2.42. The molecule has 7 nitrogen and oxygen atoms in total. The van der Waals surface area contributed by atoms with Gasteiger partial charge in [-0.3, -0.25) is 9.59 Å². The van der Waals surface area contributed by atoms with Crippen LogP contribution in [0.15, 0.2) is 83.4 Å². The number of benzene rings is 3. The summed E-state index contributed by atoms with van der Waals surface area (Å²) in [5, 5.41) is 13.4. The van der Waals surface area contributed by atoms with Crippen molar-refractivity contribution < 1.29 is 36.3 Å². The molecule has 3 aromatic carbocycles. The van der Waals surface area contributed by atoms with E-state index in [0.717, 1.165) is 24.3 Å². The predicted octanol–water partition coefficient (Wildman–Crippen LogP) is 5.11. The minimum atomic E-state index is -4.57. The highest BCUT2D eigenvalue weighted by atomic mass is 35.5. The molecule has 0 saturated carbocycles. The zero-order valence-corrected chi connectivity index (χ0v) is 19.7. The number of carbonyl (C=O) groups is 2. The average Bonchev–Trinajstić information content (AvgIpc) is 2.82. The standard InChI is InChI=1S/C24H16ClF3N2O5S/c25-16-5-3-4-14(12-16)22(32)21-23(33)18-6-1-2-7-19(18)36(34,35)30(21)13-20(31)29-17-10-8-15(9-11-17)24(26,27)28/h1-12,32H,13H2,(H,29,31). The Morgan fingerprint density at radius 3 is 2.31 bits per heavy atom. The summed E-state index contributed by atoms with van der Waals surface area (Å²) in [6.07, 6.45) is -4.57. The number of hydrogen-bond acceptors (Lipinski definition) is 5. The van der Waals surface area contributed by atoms with Crippen molar-refractivity contribution in [1.82, 2.24) is 4.31 Å². The number of aliphatic hydroxyl groups is 1. The highest BCUT2D eigenvalue weighted by Crippen LogP contribution is 2.36. The first-order valence-electron chi connectivity index (χ1n) is 10.2. The van der Waals surface area contributed by atoms with Crippen LogP contribution in [0.4, 0.5) is 18.9 Å². The van der Waals surface area contributed by atoms with Gasteiger partial charge in [-0.25, -0.2) is 12.7 Å². The lowest BCUT2D eigenvalue weighted by molar-refractivity contribution is -0.137. The van der Waals surface area contributed by atoms with Crippen molar-refractivity contribution in [2.75, 3.05) is 11.9 Å². The molecule has 186 valence electrons. The summed E-state index contributed by atoms with van der Waals surface area (Å²) < 4.78 is 65.6. The van der Waals surface area contributed by atoms with Crippen molar-refractivity contribution >= 4 is 44.8 Å². The number of nitrogens with one attached hydrogen (secondary N) is 1. The predicted molar refractivity (Wildman–Crippen MR) is 126 cm³/mol. The summed E-state index contributed by atoms with van der Waals surface area (Å²) >= 11 is 5.97. The number of alkyl halides is 3. The van der Waals surface area contributed by atoms with Crippen LogP contribution in [0.3, 0.4) is 0 Å². The Balaban J connectivity index is 1.75. The topological polar surface area (TPSA) is 104 Å². The lowest BCUT2D eigenvalue weighted by atomic mass is 10.0. The molecular weight excluding hydrogens is 521 g/mol. The maximum Gasteiger partial charge on any atom is 0.416 e. The molecule has 0 aromatic heterocycles. The van der Waals surface area contributed by atoms with E-state index >= 15 is 0 Å². The van der Waals surface area contributed by atoms with E-state index in [0.29, 0.717) is 4.31 Å². The van der Waals surface area contributed by atoms with Crippen LogP contribution in [-0.2, 0) is 21.0 Å². The van der Waals surface area contributed by atoms with Gasteiger partial charge in [0, 0.05) is 21.8 Å². The molecule has 12 heteroatoms. The molecule has 2 N–H and O–H groups in total. The summed E-state index contributed by atoms with van der Waals surface area (Å²) in [6.45, 7) is -0.941. The van der Waals surface area contributed by atoms with Crippen LogP contribution in [0, 0.1) is 0 Å².